The lowest BCUT2D eigenvalue weighted by Gasteiger charge is -2.41. The summed E-state index contributed by atoms with van der Waals surface area (Å²) in [5.74, 6) is 0. The number of hydrogen-bond donors (Lipinski definition) is 0. The van der Waals surface area contributed by atoms with E-state index in [0.29, 0.717) is 17.3 Å². The van der Waals surface area contributed by atoms with E-state index in [9.17, 15) is 13.2 Å². The Hall–Kier alpha value is -1.16. The Morgan fingerprint density at radius 1 is 1.11 bits per heavy atom. The van der Waals surface area contributed by atoms with Crippen molar-refractivity contribution in [2.45, 2.75) is 67.0 Å². The first-order valence-electron chi connectivity index (χ1n) is 10.0. The van der Waals surface area contributed by atoms with Crippen molar-refractivity contribution >= 4 is 27.4 Å². The fraction of sp³-hybridized carbons (Fsp3) is 0.737. The van der Waals surface area contributed by atoms with Crippen molar-refractivity contribution in [3.05, 3.63) is 17.5 Å². The van der Waals surface area contributed by atoms with Crippen molar-refractivity contribution in [3.63, 3.8) is 0 Å². The number of thiophene rings is 1. The quantitative estimate of drug-likeness (QED) is 0.741. The van der Waals surface area contributed by atoms with Gasteiger partial charge < -0.3 is 14.5 Å². The number of piperidine rings is 2. The van der Waals surface area contributed by atoms with Crippen LogP contribution in [-0.4, -0.2) is 80.0 Å². The van der Waals surface area contributed by atoms with Gasteiger partial charge in [-0.2, -0.15) is 4.31 Å². The topological polar surface area (TPSA) is 70.2 Å². The average molecular weight is 428 g/mol. The van der Waals surface area contributed by atoms with E-state index >= 15 is 0 Å². The molecule has 1 aromatic heterocycles. The van der Waals surface area contributed by atoms with E-state index in [1.54, 1.807) is 26.7 Å². The summed E-state index contributed by atoms with van der Waals surface area (Å²) >= 11 is 1.27. The number of amides is 2. The molecule has 1 unspecified atom stereocenters. The minimum absolute atomic E-state index is 0.107. The van der Waals surface area contributed by atoms with Crippen LogP contribution in [0.25, 0.3) is 0 Å². The van der Waals surface area contributed by atoms with E-state index < -0.39 is 10.0 Å². The van der Waals surface area contributed by atoms with Crippen LogP contribution >= 0.6 is 11.3 Å². The van der Waals surface area contributed by atoms with E-state index in [1.807, 2.05) is 14.1 Å². The van der Waals surface area contributed by atoms with Crippen LogP contribution in [0.3, 0.4) is 0 Å². The van der Waals surface area contributed by atoms with Crippen LogP contribution in [0.2, 0.25) is 0 Å². The summed E-state index contributed by atoms with van der Waals surface area (Å²) in [5, 5.41) is 1.80. The molecule has 156 valence electrons. The summed E-state index contributed by atoms with van der Waals surface area (Å²) in [6, 6.07) is 4.10. The first-order valence-corrected chi connectivity index (χ1v) is 12.4. The molecule has 0 N–H and O–H groups in total. The maximum absolute atomic E-state index is 12.6. The van der Waals surface area contributed by atoms with Crippen LogP contribution in [0.5, 0.6) is 0 Å². The first kappa shape index (κ1) is 20.1. The Morgan fingerprint density at radius 2 is 1.75 bits per heavy atom. The standard InChI is InChI=1S/C19H29N3O4S2/c1-20(2)19(23)22-14-5-6-15(22)13-17(12-14)26-16-7-9-21(10-8-16)28(24,25)18-4-3-11-27-18/h3-4,11,14-17H,5-10,12-13H2,1-2H3/t14-,15+,17?. The predicted octanol–water partition coefficient (Wildman–Crippen LogP) is 2.59. The van der Waals surface area contributed by atoms with Crippen molar-refractivity contribution in [2.75, 3.05) is 27.2 Å². The number of sulfonamides is 1. The molecule has 3 atom stereocenters. The molecule has 3 saturated heterocycles. The van der Waals surface area contributed by atoms with Crippen molar-refractivity contribution in [1.82, 2.24) is 14.1 Å². The molecule has 3 fully saturated rings. The van der Waals surface area contributed by atoms with Crippen LogP contribution in [0.4, 0.5) is 4.79 Å². The van der Waals surface area contributed by atoms with Gasteiger partial charge in [0.15, 0.2) is 0 Å². The van der Waals surface area contributed by atoms with Gasteiger partial charge in [0.2, 0.25) is 0 Å². The predicted molar refractivity (Wildman–Crippen MR) is 108 cm³/mol. The SMILES string of the molecule is CN(C)C(=O)N1[C@@H]2CC[C@H]1CC(OC1CCN(S(=O)(=O)c3cccs3)CC1)C2. The number of rotatable bonds is 4. The minimum Gasteiger partial charge on any atom is -0.375 e. The van der Waals surface area contributed by atoms with E-state index in [4.69, 9.17) is 4.74 Å². The van der Waals surface area contributed by atoms with Gasteiger partial charge in [-0.25, -0.2) is 13.2 Å². The van der Waals surface area contributed by atoms with Gasteiger partial charge in [0.05, 0.1) is 12.2 Å². The third kappa shape index (κ3) is 3.81. The molecule has 0 saturated carbocycles. The third-order valence-electron chi connectivity index (χ3n) is 6.17. The van der Waals surface area contributed by atoms with Crippen LogP contribution in [-0.2, 0) is 14.8 Å². The van der Waals surface area contributed by atoms with E-state index in [-0.39, 0.29) is 30.3 Å². The summed E-state index contributed by atoms with van der Waals surface area (Å²) in [5.41, 5.74) is 0. The van der Waals surface area contributed by atoms with E-state index in [1.165, 1.54) is 11.3 Å². The number of carbonyl (C=O) groups excluding carboxylic acids is 1. The van der Waals surface area contributed by atoms with Crippen molar-refractivity contribution in [2.24, 2.45) is 0 Å². The Kier molecular flexibility index (Phi) is 5.70. The summed E-state index contributed by atoms with van der Waals surface area (Å²) in [6.45, 7) is 1.02. The summed E-state index contributed by atoms with van der Waals surface area (Å²) in [6.07, 6.45) is 5.65. The molecule has 3 aliphatic rings. The highest BCUT2D eigenvalue weighted by Crippen LogP contribution is 2.38. The van der Waals surface area contributed by atoms with Gasteiger partial charge in [0, 0.05) is 39.3 Å². The molecule has 0 spiro atoms. The van der Waals surface area contributed by atoms with Gasteiger partial charge in [-0.1, -0.05) is 6.07 Å². The third-order valence-corrected chi connectivity index (χ3v) is 9.44. The highest BCUT2D eigenvalue weighted by molar-refractivity contribution is 7.91. The number of nitrogens with zero attached hydrogens (tertiary/aromatic N) is 3. The lowest BCUT2D eigenvalue weighted by molar-refractivity contribution is -0.0685. The second kappa shape index (κ2) is 7.93. The smallest absolute Gasteiger partial charge is 0.319 e. The largest absolute Gasteiger partial charge is 0.375 e. The molecule has 0 aliphatic carbocycles. The number of carbonyl (C=O) groups is 1. The average Bonchev–Trinajstić information content (AvgIpc) is 3.29. The van der Waals surface area contributed by atoms with Gasteiger partial charge >= 0.3 is 6.03 Å². The fourth-order valence-electron chi connectivity index (χ4n) is 4.80. The molecule has 3 aliphatic heterocycles. The Balaban J connectivity index is 1.30. The number of fused-ring (bicyclic) bond motifs is 2. The summed E-state index contributed by atoms with van der Waals surface area (Å²) in [7, 11) is 0.256. The molecular weight excluding hydrogens is 398 g/mol. The summed E-state index contributed by atoms with van der Waals surface area (Å²) in [4.78, 5) is 16.1. The Labute approximate surface area is 171 Å². The lowest BCUT2D eigenvalue weighted by Crippen LogP contribution is -2.52. The van der Waals surface area contributed by atoms with Crippen LogP contribution in [0.1, 0.15) is 38.5 Å². The van der Waals surface area contributed by atoms with Gasteiger partial charge in [0.25, 0.3) is 10.0 Å². The zero-order valence-electron chi connectivity index (χ0n) is 16.5. The van der Waals surface area contributed by atoms with Crippen molar-refractivity contribution in [1.29, 1.82) is 0 Å². The number of ether oxygens (including phenoxy) is 1. The van der Waals surface area contributed by atoms with E-state index in [2.05, 4.69) is 4.90 Å². The molecule has 1 aromatic rings. The maximum atomic E-state index is 12.6. The van der Waals surface area contributed by atoms with Gasteiger partial charge in [-0.3, -0.25) is 0 Å². The lowest BCUT2D eigenvalue weighted by atomic mass is 9.99. The molecule has 28 heavy (non-hydrogen) atoms. The van der Waals surface area contributed by atoms with E-state index in [0.717, 1.165) is 38.5 Å². The van der Waals surface area contributed by atoms with Gasteiger partial charge in [-0.15, -0.1) is 11.3 Å². The van der Waals surface area contributed by atoms with Crippen molar-refractivity contribution in [3.8, 4) is 0 Å². The Bertz CT molecular complexity index is 774. The second-order valence-corrected chi connectivity index (χ2v) is 11.3. The molecule has 2 bridgehead atoms. The first-order chi connectivity index (χ1) is 13.4. The monoisotopic (exact) mass is 427 g/mol. The van der Waals surface area contributed by atoms with Crippen LogP contribution in [0, 0.1) is 0 Å². The van der Waals surface area contributed by atoms with Crippen molar-refractivity contribution < 1.29 is 17.9 Å². The number of urea groups is 1. The zero-order chi connectivity index (χ0) is 19.9. The fourth-order valence-corrected chi connectivity index (χ4v) is 7.41. The molecule has 2 amide bonds. The molecule has 0 aromatic carbocycles. The molecule has 0 radical (unpaired) electrons. The molecule has 4 rings (SSSR count). The molecule has 4 heterocycles. The maximum Gasteiger partial charge on any atom is 0.319 e. The molecule has 7 nitrogen and oxygen atoms in total. The highest BCUT2D eigenvalue weighted by atomic mass is 32.2. The zero-order valence-corrected chi connectivity index (χ0v) is 18.1. The van der Waals surface area contributed by atoms with Gasteiger partial charge in [-0.05, 0) is 50.0 Å². The minimum atomic E-state index is -3.36. The molecule has 9 heteroatoms. The normalized spacial score (nSPS) is 29.2. The molecular formula is C19H29N3O4S2. The van der Waals surface area contributed by atoms with Crippen LogP contribution in [0.15, 0.2) is 21.7 Å². The number of hydrogen-bond acceptors (Lipinski definition) is 5. The highest BCUT2D eigenvalue weighted by Gasteiger charge is 2.45. The second-order valence-electron chi connectivity index (χ2n) is 8.23. The summed E-state index contributed by atoms with van der Waals surface area (Å²) < 4.78 is 33.7. The Morgan fingerprint density at radius 3 is 2.29 bits per heavy atom. The van der Waals surface area contributed by atoms with Gasteiger partial charge in [0.1, 0.15) is 4.21 Å². The van der Waals surface area contributed by atoms with Crippen LogP contribution < -0.4 is 0 Å².